The molecule has 0 unspecified atom stereocenters. The Bertz CT molecular complexity index is 842. The van der Waals surface area contributed by atoms with Crippen LogP contribution >= 0.6 is 15.9 Å². The van der Waals surface area contributed by atoms with Gasteiger partial charge in [0.05, 0.1) is 15.8 Å². The minimum Gasteiger partial charge on any atom is -0.397 e. The first-order chi connectivity index (χ1) is 13.8. The fourth-order valence-corrected chi connectivity index (χ4v) is 3.75. The lowest BCUT2D eigenvalue weighted by atomic mass is 10.0. The minimum absolute atomic E-state index is 0.0616. The van der Waals surface area contributed by atoms with Gasteiger partial charge in [0.15, 0.2) is 0 Å². The number of amides is 1. The van der Waals surface area contributed by atoms with Crippen molar-refractivity contribution in [1.29, 1.82) is 0 Å². The van der Waals surface area contributed by atoms with Gasteiger partial charge in [-0.05, 0) is 60.6 Å². The molecule has 1 fully saturated rings. The van der Waals surface area contributed by atoms with Crippen LogP contribution in [0.25, 0.3) is 0 Å². The number of nitrogen functional groups attached to an aromatic ring is 1. The Labute approximate surface area is 181 Å². The van der Waals surface area contributed by atoms with Crippen LogP contribution in [0.2, 0.25) is 0 Å². The SMILES string of the molecule is CN(C)CCN(C)c1cc(C(=O)N2CC[C@@H](Cc3ncc(Br)cn3)C2)ccc1N. The molecule has 7 nitrogen and oxygen atoms in total. The zero-order valence-electron chi connectivity index (χ0n) is 17.3. The molecule has 8 heteroatoms. The second-order valence-corrected chi connectivity index (χ2v) is 8.84. The second kappa shape index (κ2) is 9.54. The average molecular weight is 461 g/mol. The van der Waals surface area contributed by atoms with Crippen LogP contribution in [-0.4, -0.2) is 73.0 Å². The molecule has 2 aromatic rings. The van der Waals surface area contributed by atoms with E-state index < -0.39 is 0 Å². The third-order valence-corrected chi connectivity index (χ3v) is 5.70. The zero-order chi connectivity index (χ0) is 21.0. The van der Waals surface area contributed by atoms with Crippen LogP contribution in [0, 0.1) is 5.92 Å². The second-order valence-electron chi connectivity index (χ2n) is 7.93. The topological polar surface area (TPSA) is 78.6 Å². The van der Waals surface area contributed by atoms with Gasteiger partial charge in [-0.2, -0.15) is 0 Å². The number of aromatic nitrogens is 2. The fraction of sp³-hybridized carbons (Fsp3) is 0.476. The normalized spacial score (nSPS) is 16.4. The van der Waals surface area contributed by atoms with Gasteiger partial charge in [-0.25, -0.2) is 9.97 Å². The third-order valence-electron chi connectivity index (χ3n) is 5.29. The van der Waals surface area contributed by atoms with E-state index in [9.17, 15) is 4.79 Å². The first kappa shape index (κ1) is 21.5. The number of halogens is 1. The van der Waals surface area contributed by atoms with Crippen molar-refractivity contribution >= 4 is 33.2 Å². The van der Waals surface area contributed by atoms with E-state index in [2.05, 4.69) is 35.7 Å². The highest BCUT2D eigenvalue weighted by Gasteiger charge is 2.28. The number of anilines is 2. The summed E-state index contributed by atoms with van der Waals surface area (Å²) in [5.74, 6) is 1.27. The summed E-state index contributed by atoms with van der Waals surface area (Å²) >= 11 is 3.36. The molecule has 0 bridgehead atoms. The number of nitrogens with zero attached hydrogens (tertiary/aromatic N) is 5. The summed E-state index contributed by atoms with van der Waals surface area (Å²) in [5, 5.41) is 0. The van der Waals surface area contributed by atoms with Gasteiger partial charge >= 0.3 is 0 Å². The van der Waals surface area contributed by atoms with Crippen molar-refractivity contribution in [3.8, 4) is 0 Å². The Morgan fingerprint density at radius 2 is 1.97 bits per heavy atom. The Hall–Kier alpha value is -2.19. The van der Waals surface area contributed by atoms with E-state index in [1.54, 1.807) is 12.4 Å². The molecule has 1 aromatic carbocycles. The van der Waals surface area contributed by atoms with Crippen molar-refractivity contribution < 1.29 is 4.79 Å². The molecule has 1 amide bonds. The molecular formula is C21H29BrN6O. The van der Waals surface area contributed by atoms with E-state index in [4.69, 9.17) is 5.73 Å². The number of hydrogen-bond donors (Lipinski definition) is 1. The molecule has 1 aromatic heterocycles. The van der Waals surface area contributed by atoms with Crippen LogP contribution in [-0.2, 0) is 6.42 Å². The van der Waals surface area contributed by atoms with Crippen LogP contribution in [0.4, 0.5) is 11.4 Å². The number of likely N-dealkylation sites (tertiary alicyclic amines) is 1. The molecule has 0 spiro atoms. The van der Waals surface area contributed by atoms with Crippen LogP contribution in [0.3, 0.4) is 0 Å². The molecule has 29 heavy (non-hydrogen) atoms. The van der Waals surface area contributed by atoms with Gasteiger partial charge in [0.1, 0.15) is 5.82 Å². The number of likely N-dealkylation sites (N-methyl/N-ethyl adjacent to an activating group) is 2. The van der Waals surface area contributed by atoms with Gasteiger partial charge in [0, 0.05) is 57.6 Å². The third kappa shape index (κ3) is 5.67. The maximum Gasteiger partial charge on any atom is 0.253 e. The Morgan fingerprint density at radius 3 is 2.66 bits per heavy atom. The van der Waals surface area contributed by atoms with E-state index >= 15 is 0 Å². The van der Waals surface area contributed by atoms with Crippen LogP contribution in [0.1, 0.15) is 22.6 Å². The molecule has 0 aliphatic carbocycles. The summed E-state index contributed by atoms with van der Waals surface area (Å²) in [6.45, 7) is 3.25. The van der Waals surface area contributed by atoms with Crippen molar-refractivity contribution in [3.63, 3.8) is 0 Å². The summed E-state index contributed by atoms with van der Waals surface area (Å²) in [6, 6.07) is 5.57. The Morgan fingerprint density at radius 1 is 1.24 bits per heavy atom. The molecule has 2 heterocycles. The summed E-state index contributed by atoms with van der Waals surface area (Å²) in [6.07, 6.45) is 5.29. The Kier molecular flexibility index (Phi) is 7.08. The van der Waals surface area contributed by atoms with Gasteiger partial charge in [0.2, 0.25) is 0 Å². The predicted octanol–water partition coefficient (Wildman–Crippen LogP) is 2.52. The number of hydrogen-bond acceptors (Lipinski definition) is 6. The molecule has 156 valence electrons. The van der Waals surface area contributed by atoms with E-state index in [1.165, 1.54) is 0 Å². The smallest absolute Gasteiger partial charge is 0.253 e. The first-order valence-corrected chi connectivity index (χ1v) is 10.6. The summed E-state index contributed by atoms with van der Waals surface area (Å²) in [4.78, 5) is 27.9. The van der Waals surface area contributed by atoms with Gasteiger partial charge in [-0.3, -0.25) is 4.79 Å². The first-order valence-electron chi connectivity index (χ1n) is 9.84. The monoisotopic (exact) mass is 460 g/mol. The average Bonchev–Trinajstić information content (AvgIpc) is 3.16. The molecule has 1 saturated heterocycles. The molecule has 1 aliphatic rings. The van der Waals surface area contributed by atoms with Crippen molar-refractivity contribution in [2.24, 2.45) is 5.92 Å². The fourth-order valence-electron chi connectivity index (χ4n) is 3.55. The number of nitrogens with two attached hydrogens (primary N) is 1. The molecule has 1 atom stereocenters. The lowest BCUT2D eigenvalue weighted by Crippen LogP contribution is -2.31. The summed E-state index contributed by atoms with van der Waals surface area (Å²) < 4.78 is 0.874. The molecule has 2 N–H and O–H groups in total. The van der Waals surface area contributed by atoms with Crippen LogP contribution in [0.5, 0.6) is 0 Å². The molecule has 1 aliphatic heterocycles. The van der Waals surface area contributed by atoms with Crippen molar-refractivity contribution in [3.05, 3.63) is 46.5 Å². The highest BCUT2D eigenvalue weighted by molar-refractivity contribution is 9.10. The van der Waals surface area contributed by atoms with E-state index in [0.717, 1.165) is 55.0 Å². The summed E-state index contributed by atoms with van der Waals surface area (Å²) in [7, 11) is 6.09. The van der Waals surface area contributed by atoms with Crippen molar-refractivity contribution in [2.75, 3.05) is 58.0 Å². The number of rotatable bonds is 7. The molecule has 3 rings (SSSR count). The standard InChI is InChI=1S/C21H29BrN6O/c1-26(2)8-9-27(3)19-11-16(4-5-18(19)23)21(29)28-7-6-15(14-28)10-20-24-12-17(22)13-25-20/h4-5,11-13,15H,6-10,14,23H2,1-3H3/t15-/m0/s1. The van der Waals surface area contributed by atoms with Gasteiger partial charge in [0.25, 0.3) is 5.91 Å². The highest BCUT2D eigenvalue weighted by atomic mass is 79.9. The minimum atomic E-state index is 0.0616. The van der Waals surface area contributed by atoms with E-state index in [0.29, 0.717) is 17.2 Å². The van der Waals surface area contributed by atoms with Crippen LogP contribution < -0.4 is 10.6 Å². The van der Waals surface area contributed by atoms with Crippen molar-refractivity contribution in [2.45, 2.75) is 12.8 Å². The lowest BCUT2D eigenvalue weighted by molar-refractivity contribution is 0.0787. The summed E-state index contributed by atoms with van der Waals surface area (Å²) in [5.41, 5.74) is 8.45. The number of carbonyl (C=O) groups is 1. The van der Waals surface area contributed by atoms with E-state index in [-0.39, 0.29) is 5.91 Å². The van der Waals surface area contributed by atoms with Gasteiger partial charge < -0.3 is 20.4 Å². The Balaban J connectivity index is 1.64. The van der Waals surface area contributed by atoms with Crippen LogP contribution in [0.15, 0.2) is 35.1 Å². The quantitative estimate of drug-likeness (QED) is 0.639. The van der Waals surface area contributed by atoms with Crippen molar-refractivity contribution in [1.82, 2.24) is 19.8 Å². The van der Waals surface area contributed by atoms with Gasteiger partial charge in [-0.1, -0.05) is 0 Å². The number of carbonyl (C=O) groups excluding carboxylic acids is 1. The largest absolute Gasteiger partial charge is 0.397 e. The maximum atomic E-state index is 13.1. The van der Waals surface area contributed by atoms with Gasteiger partial charge in [-0.15, -0.1) is 0 Å². The molecule has 0 radical (unpaired) electrons. The molecule has 0 saturated carbocycles. The lowest BCUT2D eigenvalue weighted by Gasteiger charge is -2.24. The van der Waals surface area contributed by atoms with E-state index in [1.807, 2.05) is 44.2 Å². The molecular weight excluding hydrogens is 432 g/mol. The zero-order valence-corrected chi connectivity index (χ0v) is 18.9. The maximum absolute atomic E-state index is 13.1. The predicted molar refractivity (Wildman–Crippen MR) is 120 cm³/mol. The highest BCUT2D eigenvalue weighted by Crippen LogP contribution is 2.26. The number of benzene rings is 1.